The van der Waals surface area contributed by atoms with Crippen LogP contribution in [0.1, 0.15) is 38.4 Å². The topological polar surface area (TPSA) is 71.6 Å². The van der Waals surface area contributed by atoms with Crippen LogP contribution in [-0.2, 0) is 6.54 Å². The first kappa shape index (κ1) is 18.6. The Labute approximate surface area is 164 Å². The summed E-state index contributed by atoms with van der Waals surface area (Å²) in [5, 5.41) is 4.50. The number of likely N-dealkylation sites (tertiary alicyclic amines) is 1. The van der Waals surface area contributed by atoms with Gasteiger partial charge in [0.25, 0.3) is 5.56 Å². The third kappa shape index (κ3) is 3.64. The third-order valence-corrected chi connectivity index (χ3v) is 5.57. The first-order valence-corrected chi connectivity index (χ1v) is 9.84. The Balaban J connectivity index is 1.50. The van der Waals surface area contributed by atoms with Gasteiger partial charge in [0, 0.05) is 44.6 Å². The normalized spacial score (nSPS) is 18.1. The number of nitrogens with zero attached hydrogens (tertiary/aromatic N) is 7. The van der Waals surface area contributed by atoms with Crippen molar-refractivity contribution in [2.75, 3.05) is 25.0 Å². The molecule has 1 aliphatic heterocycles. The lowest BCUT2D eigenvalue weighted by molar-refractivity contribution is 0.158. The second-order valence-electron chi connectivity index (χ2n) is 7.77. The van der Waals surface area contributed by atoms with E-state index in [1.54, 1.807) is 23.1 Å². The van der Waals surface area contributed by atoms with Crippen molar-refractivity contribution in [2.24, 2.45) is 0 Å². The van der Waals surface area contributed by atoms with Crippen LogP contribution < -0.4 is 10.5 Å². The molecule has 1 aliphatic rings. The Morgan fingerprint density at radius 3 is 2.93 bits per heavy atom. The smallest absolute Gasteiger partial charge is 0.269 e. The van der Waals surface area contributed by atoms with Crippen molar-refractivity contribution in [1.82, 2.24) is 29.0 Å². The number of piperidine rings is 1. The highest BCUT2D eigenvalue weighted by Crippen LogP contribution is 2.22. The monoisotopic (exact) mass is 381 g/mol. The molecule has 8 heteroatoms. The number of rotatable bonds is 5. The van der Waals surface area contributed by atoms with E-state index in [4.69, 9.17) is 0 Å². The number of anilines is 1. The van der Waals surface area contributed by atoms with E-state index in [9.17, 15) is 4.79 Å². The fraction of sp³-hybridized carbons (Fsp3) is 0.500. The Morgan fingerprint density at radius 1 is 1.29 bits per heavy atom. The van der Waals surface area contributed by atoms with Gasteiger partial charge in [0.2, 0.25) is 5.78 Å². The lowest BCUT2D eigenvalue weighted by atomic mass is 10.1. The number of hydrogen-bond donors (Lipinski definition) is 0. The molecule has 0 N–H and O–H groups in total. The summed E-state index contributed by atoms with van der Waals surface area (Å²) in [4.78, 5) is 25.8. The summed E-state index contributed by atoms with van der Waals surface area (Å²) in [7, 11) is 1.98. The fourth-order valence-electron chi connectivity index (χ4n) is 3.77. The van der Waals surface area contributed by atoms with Crippen LogP contribution in [-0.4, -0.2) is 55.2 Å². The van der Waals surface area contributed by atoms with Crippen LogP contribution in [0.5, 0.6) is 0 Å². The van der Waals surface area contributed by atoms with Gasteiger partial charge >= 0.3 is 0 Å². The molecular formula is C20H27N7O. The molecule has 4 rings (SSSR count). The van der Waals surface area contributed by atoms with Gasteiger partial charge in [-0.2, -0.15) is 5.10 Å². The summed E-state index contributed by atoms with van der Waals surface area (Å²) >= 11 is 0. The summed E-state index contributed by atoms with van der Waals surface area (Å²) < 4.78 is 3.67. The zero-order valence-electron chi connectivity index (χ0n) is 16.7. The fourth-order valence-corrected chi connectivity index (χ4v) is 3.77. The van der Waals surface area contributed by atoms with Crippen molar-refractivity contribution in [3.8, 4) is 0 Å². The summed E-state index contributed by atoms with van der Waals surface area (Å²) in [6.07, 6.45) is 9.44. The first-order chi connectivity index (χ1) is 13.5. The molecule has 0 aromatic carbocycles. The number of fused-ring (bicyclic) bond motifs is 1. The zero-order valence-corrected chi connectivity index (χ0v) is 16.7. The molecule has 1 unspecified atom stereocenters. The van der Waals surface area contributed by atoms with Gasteiger partial charge in [-0.3, -0.25) is 14.1 Å². The predicted octanol–water partition coefficient (Wildman–Crippen LogP) is 1.97. The molecule has 148 valence electrons. The molecule has 0 saturated carbocycles. The SMILES string of the molecule is CC(C)N(C)c1cnn(C2CCCN(Cc3cnc4ncccn34)C2)c(=O)c1. The molecule has 8 nitrogen and oxygen atoms in total. The van der Waals surface area contributed by atoms with E-state index < -0.39 is 0 Å². The van der Waals surface area contributed by atoms with Crippen molar-refractivity contribution < 1.29 is 0 Å². The standard InChI is InChI=1S/C20H27N7O/c1-15(2)24(3)17-10-19(28)27(23-12-17)16-6-4-8-25(13-16)14-18-11-22-20-21-7-5-9-26(18)20/h5,7,9-12,15-16H,4,6,8,13-14H2,1-3H3. The molecule has 1 fully saturated rings. The minimum atomic E-state index is -0.0316. The van der Waals surface area contributed by atoms with Gasteiger partial charge in [-0.1, -0.05) is 0 Å². The average Bonchev–Trinajstić information content (AvgIpc) is 3.10. The van der Waals surface area contributed by atoms with Crippen molar-refractivity contribution in [2.45, 2.75) is 45.3 Å². The summed E-state index contributed by atoms with van der Waals surface area (Å²) in [5.41, 5.74) is 1.94. The van der Waals surface area contributed by atoms with Crippen molar-refractivity contribution in [3.63, 3.8) is 0 Å². The van der Waals surface area contributed by atoms with E-state index in [-0.39, 0.29) is 11.6 Å². The molecule has 1 atom stereocenters. The van der Waals surface area contributed by atoms with Gasteiger partial charge < -0.3 is 4.90 Å². The lowest BCUT2D eigenvalue weighted by Gasteiger charge is -2.33. The molecule has 0 amide bonds. The molecule has 3 aromatic rings. The van der Waals surface area contributed by atoms with E-state index in [1.807, 2.05) is 29.9 Å². The van der Waals surface area contributed by atoms with Crippen LogP contribution in [0.25, 0.3) is 5.78 Å². The van der Waals surface area contributed by atoms with Crippen molar-refractivity contribution >= 4 is 11.5 Å². The van der Waals surface area contributed by atoms with E-state index in [0.29, 0.717) is 11.8 Å². The van der Waals surface area contributed by atoms with E-state index in [2.05, 4.69) is 38.7 Å². The van der Waals surface area contributed by atoms with E-state index >= 15 is 0 Å². The largest absolute Gasteiger partial charge is 0.371 e. The minimum Gasteiger partial charge on any atom is -0.371 e. The molecule has 3 aromatic heterocycles. The molecular weight excluding hydrogens is 354 g/mol. The Morgan fingerprint density at radius 2 is 2.14 bits per heavy atom. The molecule has 0 spiro atoms. The Hall–Kier alpha value is -2.74. The Kier molecular flexibility index (Phi) is 5.13. The van der Waals surface area contributed by atoms with Crippen molar-refractivity contribution in [3.05, 3.63) is 53.0 Å². The van der Waals surface area contributed by atoms with Crippen LogP contribution in [0.15, 0.2) is 41.7 Å². The molecule has 0 aliphatic carbocycles. The highest BCUT2D eigenvalue weighted by Gasteiger charge is 2.24. The average molecular weight is 381 g/mol. The van der Waals surface area contributed by atoms with Crippen molar-refractivity contribution in [1.29, 1.82) is 0 Å². The van der Waals surface area contributed by atoms with Gasteiger partial charge in [0.15, 0.2) is 0 Å². The molecule has 1 saturated heterocycles. The van der Waals surface area contributed by atoms with Gasteiger partial charge in [0.1, 0.15) is 0 Å². The second kappa shape index (κ2) is 7.71. The quantitative estimate of drug-likeness (QED) is 0.673. The summed E-state index contributed by atoms with van der Waals surface area (Å²) in [6, 6.07) is 4.03. The third-order valence-electron chi connectivity index (χ3n) is 5.57. The zero-order chi connectivity index (χ0) is 19.7. The van der Waals surface area contributed by atoms with Gasteiger partial charge in [-0.25, -0.2) is 14.6 Å². The molecule has 4 heterocycles. The number of hydrogen-bond acceptors (Lipinski definition) is 6. The van der Waals surface area contributed by atoms with Crippen LogP contribution in [0.2, 0.25) is 0 Å². The maximum atomic E-state index is 12.7. The number of aromatic nitrogens is 5. The molecule has 0 bridgehead atoms. The van der Waals surface area contributed by atoms with E-state index in [1.165, 1.54) is 0 Å². The van der Waals surface area contributed by atoms with Crippen LogP contribution in [0.3, 0.4) is 0 Å². The predicted molar refractivity (Wildman–Crippen MR) is 109 cm³/mol. The maximum absolute atomic E-state index is 12.7. The van der Waals surface area contributed by atoms with Crippen LogP contribution in [0, 0.1) is 0 Å². The first-order valence-electron chi connectivity index (χ1n) is 9.84. The Bertz CT molecular complexity index is 1010. The van der Waals surface area contributed by atoms with Crippen LogP contribution >= 0.6 is 0 Å². The van der Waals surface area contributed by atoms with Gasteiger partial charge in [-0.15, -0.1) is 0 Å². The number of imidazole rings is 1. The van der Waals surface area contributed by atoms with Gasteiger partial charge in [0.05, 0.1) is 29.8 Å². The highest BCUT2D eigenvalue weighted by molar-refractivity contribution is 5.42. The lowest BCUT2D eigenvalue weighted by Crippen LogP contribution is -2.40. The van der Waals surface area contributed by atoms with E-state index in [0.717, 1.165) is 43.9 Å². The minimum absolute atomic E-state index is 0.0316. The highest BCUT2D eigenvalue weighted by atomic mass is 16.1. The van der Waals surface area contributed by atoms with Gasteiger partial charge in [-0.05, 0) is 39.3 Å². The summed E-state index contributed by atoms with van der Waals surface area (Å²) in [6.45, 7) is 6.79. The molecule has 28 heavy (non-hydrogen) atoms. The van der Waals surface area contributed by atoms with Crippen LogP contribution in [0.4, 0.5) is 5.69 Å². The summed E-state index contributed by atoms with van der Waals surface area (Å²) in [5.74, 6) is 0.716. The maximum Gasteiger partial charge on any atom is 0.269 e. The molecule has 0 radical (unpaired) electrons. The second-order valence-corrected chi connectivity index (χ2v) is 7.77.